The molecule has 24 heavy (non-hydrogen) atoms. The minimum absolute atomic E-state index is 0.0161. The molecule has 0 aromatic heterocycles. The van der Waals surface area contributed by atoms with Crippen LogP contribution in [-0.2, 0) is 19.7 Å². The number of nitrogens with zero attached hydrogens (tertiary/aromatic N) is 1. The Morgan fingerprint density at radius 2 is 2.21 bits per heavy atom. The molecule has 1 fully saturated rings. The second kappa shape index (κ2) is 6.77. The number of benzene rings is 1. The molecule has 4 heteroatoms. The summed E-state index contributed by atoms with van der Waals surface area (Å²) >= 11 is 0. The first-order valence-electron chi connectivity index (χ1n) is 8.93. The minimum Gasteiger partial charge on any atom is -0.352 e. The van der Waals surface area contributed by atoms with Gasteiger partial charge in [0.25, 0.3) is 0 Å². The van der Waals surface area contributed by atoms with Crippen molar-refractivity contribution in [2.75, 3.05) is 13.4 Å². The number of hydrogen-bond acceptors (Lipinski definition) is 3. The van der Waals surface area contributed by atoms with Crippen molar-refractivity contribution < 1.29 is 18.8 Å². The Hall–Kier alpha value is -1.52. The summed E-state index contributed by atoms with van der Waals surface area (Å²) in [4.78, 5) is 11.7. The van der Waals surface area contributed by atoms with E-state index in [1.54, 1.807) is 0 Å². The quantitative estimate of drug-likeness (QED) is 0.587. The summed E-state index contributed by atoms with van der Waals surface area (Å²) < 4.78 is 13.2. The second-order valence-electron chi connectivity index (χ2n) is 7.35. The molecule has 2 aliphatic heterocycles. The van der Waals surface area contributed by atoms with Crippen LogP contribution in [0.5, 0.6) is 0 Å². The molecule has 2 heterocycles. The molecular weight excluding hydrogens is 302 g/mol. The third-order valence-corrected chi connectivity index (χ3v) is 5.56. The predicted octanol–water partition coefficient (Wildman–Crippen LogP) is 3.89. The van der Waals surface area contributed by atoms with Gasteiger partial charge in [-0.1, -0.05) is 13.3 Å². The molecule has 0 radical (unpaired) electrons. The van der Waals surface area contributed by atoms with Crippen molar-refractivity contribution in [3.8, 4) is 0 Å². The van der Waals surface area contributed by atoms with E-state index < -0.39 is 0 Å². The molecule has 3 rings (SSSR count). The summed E-state index contributed by atoms with van der Waals surface area (Å²) in [7, 11) is 0. The number of unbranched alkanes of at least 4 members (excludes halogenated alkanes) is 1. The third kappa shape index (κ3) is 2.82. The second-order valence-corrected chi connectivity index (χ2v) is 7.35. The molecule has 0 saturated carbocycles. The van der Waals surface area contributed by atoms with Crippen LogP contribution in [0.4, 0.5) is 5.69 Å². The summed E-state index contributed by atoms with van der Waals surface area (Å²) in [5.41, 5.74) is 4.75. The Morgan fingerprint density at radius 3 is 2.83 bits per heavy atom. The van der Waals surface area contributed by atoms with Crippen molar-refractivity contribution in [1.29, 1.82) is 0 Å². The molecule has 0 aliphatic carbocycles. The summed E-state index contributed by atoms with van der Waals surface area (Å²) in [6, 6.07) is 6.41. The fourth-order valence-corrected chi connectivity index (χ4v) is 3.77. The van der Waals surface area contributed by atoms with E-state index in [-0.39, 0.29) is 17.6 Å². The Kier molecular flexibility index (Phi) is 4.88. The number of carbonyl (C=O) groups excluding carboxylic acids is 1. The van der Waals surface area contributed by atoms with Gasteiger partial charge in [-0.05, 0) is 38.0 Å². The van der Waals surface area contributed by atoms with Crippen LogP contribution < -0.4 is 0 Å². The molecule has 0 spiro atoms. The molecule has 0 bridgehead atoms. The van der Waals surface area contributed by atoms with Crippen LogP contribution in [0.2, 0.25) is 0 Å². The van der Waals surface area contributed by atoms with E-state index in [1.807, 2.05) is 0 Å². The maximum atomic E-state index is 11.7. The zero-order chi connectivity index (χ0) is 17.3. The highest BCUT2D eigenvalue weighted by molar-refractivity contribution is 5.94. The SMILES string of the molecule is CCCCC(C=O)[N+]1=C(C)C(C)(C)c2cc(C3COCO3)ccc21. The first kappa shape index (κ1) is 17.3. The number of rotatable bonds is 6. The molecule has 2 atom stereocenters. The van der Waals surface area contributed by atoms with Crippen LogP contribution in [0, 0.1) is 0 Å². The third-order valence-electron chi connectivity index (χ3n) is 5.56. The van der Waals surface area contributed by atoms with Crippen LogP contribution >= 0.6 is 0 Å². The zero-order valence-electron chi connectivity index (χ0n) is 15.2. The summed E-state index contributed by atoms with van der Waals surface area (Å²) in [5.74, 6) is 0. The molecular formula is C20H28NO3+. The predicted molar refractivity (Wildman–Crippen MR) is 94.1 cm³/mol. The standard InChI is InChI=1S/C20H28NO3/c1-5-6-7-16(11-22)21-14(2)20(3,4)17-10-15(8-9-18(17)21)19-12-23-13-24-19/h8-11,16,19H,5-7,12-13H2,1-4H3/q+1. The van der Waals surface area contributed by atoms with Crippen LogP contribution in [-0.4, -0.2) is 36.0 Å². The number of aldehydes is 1. The molecule has 1 saturated heterocycles. The normalized spacial score (nSPS) is 23.4. The van der Waals surface area contributed by atoms with Gasteiger partial charge >= 0.3 is 0 Å². The van der Waals surface area contributed by atoms with Gasteiger partial charge in [0.2, 0.25) is 11.7 Å². The molecule has 4 nitrogen and oxygen atoms in total. The number of ether oxygens (including phenoxy) is 2. The monoisotopic (exact) mass is 330 g/mol. The van der Waals surface area contributed by atoms with E-state index in [2.05, 4.69) is 50.5 Å². The van der Waals surface area contributed by atoms with Gasteiger partial charge in [0, 0.05) is 25.0 Å². The fourth-order valence-electron chi connectivity index (χ4n) is 3.77. The van der Waals surface area contributed by atoms with Gasteiger partial charge in [0.1, 0.15) is 12.9 Å². The highest BCUT2D eigenvalue weighted by Crippen LogP contribution is 2.42. The Bertz CT molecular complexity index is 657. The first-order valence-corrected chi connectivity index (χ1v) is 8.93. The van der Waals surface area contributed by atoms with Crippen LogP contribution in [0.15, 0.2) is 18.2 Å². The van der Waals surface area contributed by atoms with Crippen LogP contribution in [0.25, 0.3) is 0 Å². The van der Waals surface area contributed by atoms with E-state index in [0.29, 0.717) is 13.4 Å². The molecule has 0 amide bonds. The number of fused-ring (bicyclic) bond motifs is 1. The van der Waals surface area contributed by atoms with Crippen molar-refractivity contribution >= 4 is 17.7 Å². The lowest BCUT2D eigenvalue weighted by molar-refractivity contribution is -0.467. The highest BCUT2D eigenvalue weighted by atomic mass is 16.7. The van der Waals surface area contributed by atoms with Gasteiger partial charge in [-0.15, -0.1) is 0 Å². The molecule has 1 aromatic carbocycles. The molecule has 2 unspecified atom stereocenters. The van der Waals surface area contributed by atoms with E-state index in [0.717, 1.165) is 36.8 Å². The van der Waals surface area contributed by atoms with E-state index >= 15 is 0 Å². The van der Waals surface area contributed by atoms with Crippen molar-refractivity contribution in [3.05, 3.63) is 29.3 Å². The molecule has 2 aliphatic rings. The summed E-state index contributed by atoms with van der Waals surface area (Å²) in [6.07, 6.45) is 4.18. The van der Waals surface area contributed by atoms with E-state index in [4.69, 9.17) is 9.47 Å². The van der Waals surface area contributed by atoms with Gasteiger partial charge in [0.15, 0.2) is 12.0 Å². The lowest BCUT2D eigenvalue weighted by Gasteiger charge is -2.17. The van der Waals surface area contributed by atoms with Gasteiger partial charge in [-0.3, -0.25) is 4.79 Å². The lowest BCUT2D eigenvalue weighted by Crippen LogP contribution is -2.32. The maximum Gasteiger partial charge on any atom is 0.213 e. The van der Waals surface area contributed by atoms with Gasteiger partial charge < -0.3 is 9.47 Å². The van der Waals surface area contributed by atoms with Gasteiger partial charge in [-0.2, -0.15) is 4.58 Å². The Labute approximate surface area is 144 Å². The number of carbonyl (C=O) groups is 1. The summed E-state index contributed by atoms with van der Waals surface area (Å²) in [6.45, 7) is 9.76. The van der Waals surface area contributed by atoms with Crippen LogP contribution in [0.1, 0.15) is 64.2 Å². The van der Waals surface area contributed by atoms with Gasteiger partial charge in [0.05, 0.1) is 12.0 Å². The van der Waals surface area contributed by atoms with Gasteiger partial charge in [-0.25, -0.2) is 0 Å². The fraction of sp³-hybridized carbons (Fsp3) is 0.600. The zero-order valence-corrected chi connectivity index (χ0v) is 15.2. The summed E-state index contributed by atoms with van der Waals surface area (Å²) in [5, 5.41) is 0. The van der Waals surface area contributed by atoms with Crippen molar-refractivity contribution in [2.45, 2.75) is 64.5 Å². The highest BCUT2D eigenvalue weighted by Gasteiger charge is 2.46. The Balaban J connectivity index is 2.01. The molecule has 1 aromatic rings. The van der Waals surface area contributed by atoms with Crippen molar-refractivity contribution in [2.24, 2.45) is 0 Å². The first-order chi connectivity index (χ1) is 11.5. The topological polar surface area (TPSA) is 38.5 Å². The maximum absolute atomic E-state index is 11.7. The molecule has 0 N–H and O–H groups in total. The largest absolute Gasteiger partial charge is 0.352 e. The van der Waals surface area contributed by atoms with Crippen LogP contribution in [0.3, 0.4) is 0 Å². The average molecular weight is 330 g/mol. The van der Waals surface area contributed by atoms with Crippen molar-refractivity contribution in [3.63, 3.8) is 0 Å². The Morgan fingerprint density at radius 1 is 1.42 bits per heavy atom. The smallest absolute Gasteiger partial charge is 0.213 e. The van der Waals surface area contributed by atoms with E-state index in [9.17, 15) is 4.79 Å². The number of hydrogen-bond donors (Lipinski definition) is 0. The minimum atomic E-state index is -0.0850. The molecule has 130 valence electrons. The van der Waals surface area contributed by atoms with E-state index in [1.165, 1.54) is 11.3 Å². The average Bonchev–Trinajstić information content (AvgIpc) is 3.17. The van der Waals surface area contributed by atoms with Crippen molar-refractivity contribution in [1.82, 2.24) is 0 Å². The lowest BCUT2D eigenvalue weighted by atomic mass is 9.81.